The maximum absolute atomic E-state index is 9.61. The molecule has 5 nitrogen and oxygen atoms in total. The Kier molecular flexibility index (Phi) is 4.67. The molecule has 2 fully saturated rings. The Bertz CT molecular complexity index is 484. The van der Waals surface area contributed by atoms with E-state index < -0.39 is 6.10 Å². The second kappa shape index (κ2) is 6.68. The van der Waals surface area contributed by atoms with Crippen molar-refractivity contribution in [1.29, 1.82) is 0 Å². The lowest BCUT2D eigenvalue weighted by molar-refractivity contribution is -0.326. The Morgan fingerprint density at radius 2 is 1.95 bits per heavy atom. The van der Waals surface area contributed by atoms with Crippen LogP contribution in [0, 0.1) is 6.92 Å². The molecule has 4 atom stereocenters. The van der Waals surface area contributed by atoms with Crippen molar-refractivity contribution < 1.29 is 24.4 Å². The first-order valence-corrected chi connectivity index (χ1v) is 7.17. The van der Waals surface area contributed by atoms with Gasteiger partial charge in [0, 0.05) is 0 Å². The number of hydrogen-bond acceptors (Lipinski definition) is 5. The first-order valence-electron chi connectivity index (χ1n) is 7.17. The lowest BCUT2D eigenvalue weighted by Gasteiger charge is -2.14. The van der Waals surface area contributed by atoms with Gasteiger partial charge in [-0.05, 0) is 12.5 Å². The Balaban J connectivity index is 1.40. The number of hydrogen-bond donors (Lipinski definition) is 1. The van der Waals surface area contributed by atoms with Crippen molar-refractivity contribution in [1.82, 2.24) is 0 Å². The molecule has 1 N–H and O–H groups in total. The number of ether oxygens (including phenoxy) is 2. The molecule has 2 heterocycles. The molecular weight excluding hydrogens is 272 g/mol. The van der Waals surface area contributed by atoms with E-state index in [1.54, 1.807) is 0 Å². The summed E-state index contributed by atoms with van der Waals surface area (Å²) in [6.07, 6.45) is 2.50. The van der Waals surface area contributed by atoms with Gasteiger partial charge in [-0.2, -0.15) is 0 Å². The fourth-order valence-electron chi connectivity index (χ4n) is 2.55. The minimum absolute atomic E-state index is 0.235. The van der Waals surface area contributed by atoms with Crippen LogP contribution in [-0.4, -0.2) is 49.3 Å². The lowest BCUT2D eigenvalue weighted by Crippen LogP contribution is -2.32. The number of aliphatic hydroxyl groups excluding tert-OH is 1. The molecule has 0 aromatic heterocycles. The van der Waals surface area contributed by atoms with Crippen LogP contribution in [0.15, 0.2) is 30.3 Å². The third-order valence-corrected chi connectivity index (χ3v) is 3.73. The number of aryl methyl sites for hydroxylation is 1. The van der Waals surface area contributed by atoms with Gasteiger partial charge in [0.1, 0.15) is 31.0 Å². The summed E-state index contributed by atoms with van der Waals surface area (Å²) in [4.78, 5) is 10.5. The molecule has 0 aliphatic carbocycles. The van der Waals surface area contributed by atoms with E-state index in [9.17, 15) is 5.11 Å². The first kappa shape index (κ1) is 14.7. The van der Waals surface area contributed by atoms with E-state index in [2.05, 4.69) is 31.2 Å². The first-order chi connectivity index (χ1) is 10.2. The molecule has 0 amide bonds. The molecule has 21 heavy (non-hydrogen) atoms. The quantitative estimate of drug-likeness (QED) is 0.506. The molecule has 2 aliphatic heterocycles. The van der Waals surface area contributed by atoms with Crippen LogP contribution < -0.4 is 0 Å². The number of rotatable bonds is 5. The highest BCUT2D eigenvalue weighted by molar-refractivity contribution is 5.49. The zero-order valence-electron chi connectivity index (χ0n) is 12.0. The van der Waals surface area contributed by atoms with E-state index in [4.69, 9.17) is 19.2 Å². The van der Waals surface area contributed by atoms with E-state index in [0.717, 1.165) is 5.56 Å². The van der Waals surface area contributed by atoms with Crippen LogP contribution in [0.25, 0.3) is 6.08 Å². The van der Waals surface area contributed by atoms with Crippen LogP contribution in [0.3, 0.4) is 0 Å². The molecular formula is C16H20O5. The van der Waals surface area contributed by atoms with Gasteiger partial charge in [-0.1, -0.05) is 42.0 Å². The molecule has 5 heteroatoms. The van der Waals surface area contributed by atoms with Crippen molar-refractivity contribution in [2.45, 2.75) is 31.3 Å². The Morgan fingerprint density at radius 1 is 1.19 bits per heavy atom. The van der Waals surface area contributed by atoms with Crippen LogP contribution in [-0.2, 0) is 19.2 Å². The van der Waals surface area contributed by atoms with E-state index in [1.807, 2.05) is 12.2 Å². The average molecular weight is 292 g/mol. The van der Waals surface area contributed by atoms with Gasteiger partial charge < -0.3 is 14.6 Å². The molecule has 0 saturated carbocycles. The highest BCUT2D eigenvalue weighted by atomic mass is 17.2. The van der Waals surface area contributed by atoms with Crippen molar-refractivity contribution >= 4 is 6.08 Å². The zero-order valence-corrected chi connectivity index (χ0v) is 12.0. The summed E-state index contributed by atoms with van der Waals surface area (Å²) in [5.41, 5.74) is 2.36. The van der Waals surface area contributed by atoms with E-state index in [-0.39, 0.29) is 18.3 Å². The Labute approximate surface area is 124 Å². The monoisotopic (exact) mass is 292 g/mol. The Hall–Kier alpha value is -1.24. The third kappa shape index (κ3) is 3.51. The standard InChI is InChI=1S/C16H20O5/c1-11-4-6-12(7-5-11)3-2-8-20-21-14-10-19-15-13(17)9-18-16(14)15/h2-7,13-17H,8-10H2,1H3/b3-2+/t13?,14-,15+,16+/m0/s1. The second-order valence-corrected chi connectivity index (χ2v) is 5.40. The van der Waals surface area contributed by atoms with Crippen LogP contribution in [0.4, 0.5) is 0 Å². The molecule has 0 radical (unpaired) electrons. The van der Waals surface area contributed by atoms with Gasteiger partial charge in [-0.3, -0.25) is 0 Å². The van der Waals surface area contributed by atoms with Crippen LogP contribution >= 0.6 is 0 Å². The van der Waals surface area contributed by atoms with Gasteiger partial charge in [-0.25, -0.2) is 9.78 Å². The van der Waals surface area contributed by atoms with Gasteiger partial charge in [0.05, 0.1) is 13.2 Å². The summed E-state index contributed by atoms with van der Waals surface area (Å²) in [7, 11) is 0. The van der Waals surface area contributed by atoms with Crippen LogP contribution in [0.5, 0.6) is 0 Å². The van der Waals surface area contributed by atoms with Crippen molar-refractivity contribution in [2.75, 3.05) is 19.8 Å². The lowest BCUT2D eigenvalue weighted by atomic mass is 10.1. The highest BCUT2D eigenvalue weighted by Gasteiger charge is 2.48. The summed E-state index contributed by atoms with van der Waals surface area (Å²) < 4.78 is 10.9. The largest absolute Gasteiger partial charge is 0.388 e. The van der Waals surface area contributed by atoms with E-state index >= 15 is 0 Å². The van der Waals surface area contributed by atoms with Crippen molar-refractivity contribution in [3.63, 3.8) is 0 Å². The highest BCUT2D eigenvalue weighted by Crippen LogP contribution is 2.28. The number of fused-ring (bicyclic) bond motifs is 1. The normalized spacial score (nSPS) is 31.9. The number of benzene rings is 1. The maximum Gasteiger partial charge on any atom is 0.145 e. The third-order valence-electron chi connectivity index (χ3n) is 3.73. The van der Waals surface area contributed by atoms with Gasteiger partial charge in [0.25, 0.3) is 0 Å². The summed E-state index contributed by atoms with van der Waals surface area (Å²) in [5, 5.41) is 9.61. The van der Waals surface area contributed by atoms with Crippen LogP contribution in [0.2, 0.25) is 0 Å². The van der Waals surface area contributed by atoms with Crippen molar-refractivity contribution in [2.24, 2.45) is 0 Å². The molecule has 1 aromatic carbocycles. The van der Waals surface area contributed by atoms with Gasteiger partial charge in [0.15, 0.2) is 0 Å². The molecule has 2 aliphatic rings. The minimum Gasteiger partial charge on any atom is -0.388 e. The molecule has 0 bridgehead atoms. The fraction of sp³-hybridized carbons (Fsp3) is 0.500. The van der Waals surface area contributed by atoms with Gasteiger partial charge in [0.2, 0.25) is 0 Å². The van der Waals surface area contributed by atoms with E-state index in [1.165, 1.54) is 5.56 Å². The predicted molar refractivity (Wildman–Crippen MR) is 76.5 cm³/mol. The molecule has 1 unspecified atom stereocenters. The number of aliphatic hydroxyl groups is 1. The molecule has 2 saturated heterocycles. The Morgan fingerprint density at radius 3 is 2.76 bits per heavy atom. The molecule has 3 rings (SSSR count). The second-order valence-electron chi connectivity index (χ2n) is 5.40. The summed E-state index contributed by atoms with van der Waals surface area (Å²) in [6, 6.07) is 8.23. The summed E-state index contributed by atoms with van der Waals surface area (Å²) in [6.45, 7) is 3.09. The van der Waals surface area contributed by atoms with Crippen molar-refractivity contribution in [3.05, 3.63) is 41.5 Å². The van der Waals surface area contributed by atoms with Crippen LogP contribution in [0.1, 0.15) is 11.1 Å². The van der Waals surface area contributed by atoms with Crippen molar-refractivity contribution in [3.8, 4) is 0 Å². The average Bonchev–Trinajstić information content (AvgIpc) is 3.05. The molecule has 114 valence electrons. The van der Waals surface area contributed by atoms with E-state index in [0.29, 0.717) is 19.8 Å². The molecule has 1 aromatic rings. The predicted octanol–water partition coefficient (Wildman–Crippen LogP) is 1.48. The molecule has 0 spiro atoms. The zero-order chi connectivity index (χ0) is 14.7. The SMILES string of the molecule is Cc1ccc(/C=C/COO[C@H]2CO[C@@H]3C(O)CO[C@H]23)cc1. The van der Waals surface area contributed by atoms with Gasteiger partial charge in [-0.15, -0.1) is 0 Å². The fourth-order valence-corrected chi connectivity index (χ4v) is 2.55. The topological polar surface area (TPSA) is 57.2 Å². The maximum atomic E-state index is 9.61. The summed E-state index contributed by atoms with van der Waals surface area (Å²) in [5.74, 6) is 0. The summed E-state index contributed by atoms with van der Waals surface area (Å²) >= 11 is 0. The smallest absolute Gasteiger partial charge is 0.145 e. The van der Waals surface area contributed by atoms with Gasteiger partial charge >= 0.3 is 0 Å². The minimum atomic E-state index is -0.565.